The normalized spacial score (nSPS) is 14.2. The molecule has 0 radical (unpaired) electrons. The lowest BCUT2D eigenvalue weighted by atomic mass is 9.95. The van der Waals surface area contributed by atoms with Crippen LogP contribution in [-0.4, -0.2) is 28.6 Å². The maximum absolute atomic E-state index is 13.1. The molecule has 6 nitrogen and oxygen atoms in total. The van der Waals surface area contributed by atoms with Crippen LogP contribution in [-0.2, 0) is 13.2 Å². The predicted molar refractivity (Wildman–Crippen MR) is 137 cm³/mol. The summed E-state index contributed by atoms with van der Waals surface area (Å²) >= 11 is 1.58. The lowest BCUT2D eigenvalue weighted by Crippen LogP contribution is -2.36. The molecule has 1 aromatic carbocycles. The molecule has 2 heterocycles. The zero-order valence-corrected chi connectivity index (χ0v) is 21.2. The Hall–Kier alpha value is -2.80. The Labute approximate surface area is 206 Å². The van der Waals surface area contributed by atoms with Gasteiger partial charge in [-0.15, -0.1) is 11.3 Å². The maximum Gasteiger partial charge on any atom is 0.253 e. The standard InChI is InChI=1S/C27H35N3O3S/c1-4-5-15-30-19(2)23(27(31)28-20-9-7-6-8-10-20)16-25(30)24-18-34-26(29-24)17-33-22-13-11-21(32-3)12-14-22/h11-14,16,18,20H,4-10,15,17H2,1-3H3,(H,28,31). The van der Waals surface area contributed by atoms with Gasteiger partial charge in [-0.25, -0.2) is 4.98 Å². The molecule has 182 valence electrons. The van der Waals surface area contributed by atoms with Crippen molar-refractivity contribution in [1.29, 1.82) is 0 Å². The van der Waals surface area contributed by atoms with Crippen LogP contribution in [0.25, 0.3) is 11.4 Å². The van der Waals surface area contributed by atoms with Crippen LogP contribution in [0.2, 0.25) is 0 Å². The lowest BCUT2D eigenvalue weighted by Gasteiger charge is -2.22. The van der Waals surface area contributed by atoms with E-state index in [4.69, 9.17) is 14.5 Å². The van der Waals surface area contributed by atoms with E-state index in [9.17, 15) is 4.79 Å². The van der Waals surface area contributed by atoms with Gasteiger partial charge in [0.25, 0.3) is 5.91 Å². The third-order valence-electron chi connectivity index (χ3n) is 6.52. The molecule has 1 N–H and O–H groups in total. The molecule has 4 rings (SSSR count). The van der Waals surface area contributed by atoms with Crippen molar-refractivity contribution in [3.05, 3.63) is 52.0 Å². The average Bonchev–Trinajstić information content (AvgIpc) is 3.46. The van der Waals surface area contributed by atoms with Crippen LogP contribution in [0.4, 0.5) is 0 Å². The van der Waals surface area contributed by atoms with Gasteiger partial charge in [-0.3, -0.25) is 4.79 Å². The second kappa shape index (κ2) is 11.6. The number of hydrogen-bond acceptors (Lipinski definition) is 5. The molecular weight excluding hydrogens is 446 g/mol. The van der Waals surface area contributed by atoms with E-state index in [1.165, 1.54) is 19.3 Å². The average molecular weight is 482 g/mol. The fourth-order valence-corrected chi connectivity index (χ4v) is 5.21. The first-order valence-electron chi connectivity index (χ1n) is 12.3. The second-order valence-corrected chi connectivity index (χ2v) is 9.88. The van der Waals surface area contributed by atoms with Gasteiger partial charge in [0.2, 0.25) is 0 Å². The van der Waals surface area contributed by atoms with Gasteiger partial charge in [0.05, 0.1) is 24.1 Å². The number of carbonyl (C=O) groups excluding carboxylic acids is 1. The molecule has 0 bridgehead atoms. The number of amides is 1. The highest BCUT2D eigenvalue weighted by molar-refractivity contribution is 7.09. The molecule has 7 heteroatoms. The van der Waals surface area contributed by atoms with E-state index in [0.29, 0.717) is 12.6 Å². The van der Waals surface area contributed by atoms with E-state index < -0.39 is 0 Å². The number of unbranched alkanes of at least 4 members (excludes halogenated alkanes) is 1. The van der Waals surface area contributed by atoms with Crippen molar-refractivity contribution in [1.82, 2.24) is 14.9 Å². The van der Waals surface area contributed by atoms with Crippen LogP contribution in [0, 0.1) is 6.92 Å². The summed E-state index contributed by atoms with van der Waals surface area (Å²) in [5, 5.41) is 6.24. The van der Waals surface area contributed by atoms with Crippen LogP contribution < -0.4 is 14.8 Å². The number of benzene rings is 1. The summed E-state index contributed by atoms with van der Waals surface area (Å²) in [6.45, 7) is 5.52. The third-order valence-corrected chi connectivity index (χ3v) is 7.35. The van der Waals surface area contributed by atoms with Gasteiger partial charge in [-0.1, -0.05) is 32.6 Å². The topological polar surface area (TPSA) is 65.4 Å². The van der Waals surface area contributed by atoms with Gasteiger partial charge < -0.3 is 19.4 Å². The SMILES string of the molecule is CCCCn1c(-c2csc(COc3ccc(OC)cc3)n2)cc(C(=O)NC2CCCCC2)c1C. The van der Waals surface area contributed by atoms with Gasteiger partial charge >= 0.3 is 0 Å². The molecule has 1 aliphatic rings. The van der Waals surface area contributed by atoms with Crippen molar-refractivity contribution in [3.8, 4) is 22.9 Å². The monoisotopic (exact) mass is 481 g/mol. The smallest absolute Gasteiger partial charge is 0.253 e. The van der Waals surface area contributed by atoms with Crippen LogP contribution >= 0.6 is 11.3 Å². The molecule has 1 amide bonds. The Morgan fingerprint density at radius 3 is 2.62 bits per heavy atom. The molecule has 0 unspecified atom stereocenters. The molecule has 34 heavy (non-hydrogen) atoms. The van der Waals surface area contributed by atoms with Gasteiger partial charge in [0.15, 0.2) is 0 Å². The highest BCUT2D eigenvalue weighted by Crippen LogP contribution is 2.29. The molecular formula is C27H35N3O3S. The number of thiazole rings is 1. The number of hydrogen-bond donors (Lipinski definition) is 1. The van der Waals surface area contributed by atoms with E-state index in [-0.39, 0.29) is 5.91 Å². The summed E-state index contributed by atoms with van der Waals surface area (Å²) in [6, 6.07) is 9.86. The number of nitrogens with zero attached hydrogens (tertiary/aromatic N) is 2. The van der Waals surface area contributed by atoms with Crippen LogP contribution in [0.5, 0.6) is 11.5 Å². The summed E-state index contributed by atoms with van der Waals surface area (Å²) in [4.78, 5) is 18.0. The predicted octanol–water partition coefficient (Wildman–Crippen LogP) is 6.37. The van der Waals surface area contributed by atoms with Crippen LogP contribution in [0.15, 0.2) is 35.7 Å². The quantitative estimate of drug-likeness (QED) is 0.365. The summed E-state index contributed by atoms with van der Waals surface area (Å²) < 4.78 is 13.4. The highest BCUT2D eigenvalue weighted by atomic mass is 32.1. The second-order valence-electron chi connectivity index (χ2n) is 8.93. The Morgan fingerprint density at radius 2 is 1.91 bits per heavy atom. The molecule has 1 aliphatic carbocycles. The number of carbonyl (C=O) groups is 1. The van der Waals surface area contributed by atoms with E-state index in [2.05, 4.69) is 29.1 Å². The fraction of sp³-hybridized carbons (Fsp3) is 0.481. The van der Waals surface area contributed by atoms with E-state index in [1.54, 1.807) is 18.4 Å². The Morgan fingerprint density at radius 1 is 1.18 bits per heavy atom. The number of aromatic nitrogens is 2. The van der Waals surface area contributed by atoms with Crippen molar-refractivity contribution < 1.29 is 14.3 Å². The summed E-state index contributed by atoms with van der Waals surface area (Å²) in [5.41, 5.74) is 3.68. The number of ether oxygens (including phenoxy) is 2. The van der Waals surface area contributed by atoms with Crippen molar-refractivity contribution in [2.45, 2.75) is 78.0 Å². The first-order chi connectivity index (χ1) is 16.6. The van der Waals surface area contributed by atoms with Gasteiger partial charge in [-0.2, -0.15) is 0 Å². The summed E-state index contributed by atoms with van der Waals surface area (Å²) in [7, 11) is 1.65. The fourth-order valence-electron chi connectivity index (χ4n) is 4.51. The minimum Gasteiger partial charge on any atom is -0.497 e. The lowest BCUT2D eigenvalue weighted by molar-refractivity contribution is 0.0927. The van der Waals surface area contributed by atoms with Gasteiger partial charge in [0, 0.05) is 23.7 Å². The number of nitrogens with one attached hydrogen (secondary N) is 1. The molecule has 1 saturated carbocycles. The van der Waals surface area contributed by atoms with Crippen LogP contribution in [0.1, 0.15) is 72.9 Å². The van der Waals surface area contributed by atoms with Crippen LogP contribution in [0.3, 0.4) is 0 Å². The van der Waals surface area contributed by atoms with Crippen molar-refractivity contribution in [2.75, 3.05) is 7.11 Å². The molecule has 0 saturated heterocycles. The third kappa shape index (κ3) is 5.81. The maximum atomic E-state index is 13.1. The van der Waals surface area contributed by atoms with Crippen molar-refractivity contribution in [3.63, 3.8) is 0 Å². The molecule has 1 fully saturated rings. The Kier molecular flexibility index (Phi) is 8.27. The summed E-state index contributed by atoms with van der Waals surface area (Å²) in [5.74, 6) is 1.62. The van der Waals surface area contributed by atoms with E-state index in [0.717, 1.165) is 71.4 Å². The minimum absolute atomic E-state index is 0.0409. The first-order valence-corrected chi connectivity index (χ1v) is 13.2. The van der Waals surface area contributed by atoms with E-state index >= 15 is 0 Å². The largest absolute Gasteiger partial charge is 0.497 e. The molecule has 0 aliphatic heterocycles. The zero-order chi connectivity index (χ0) is 23.9. The van der Waals surface area contributed by atoms with Crippen molar-refractivity contribution in [2.24, 2.45) is 0 Å². The van der Waals surface area contributed by atoms with E-state index in [1.807, 2.05) is 30.3 Å². The zero-order valence-electron chi connectivity index (χ0n) is 20.4. The molecule has 0 atom stereocenters. The first kappa shape index (κ1) is 24.3. The Balaban J connectivity index is 1.50. The highest BCUT2D eigenvalue weighted by Gasteiger charge is 2.23. The molecule has 3 aromatic rings. The summed E-state index contributed by atoms with van der Waals surface area (Å²) in [6.07, 6.45) is 8.00. The number of methoxy groups -OCH3 is 1. The molecule has 2 aromatic heterocycles. The van der Waals surface area contributed by atoms with Crippen molar-refractivity contribution >= 4 is 17.2 Å². The number of rotatable bonds is 10. The van der Waals surface area contributed by atoms with Gasteiger partial charge in [-0.05, 0) is 56.5 Å². The van der Waals surface area contributed by atoms with Gasteiger partial charge in [0.1, 0.15) is 23.1 Å². The Bertz CT molecular complexity index is 1080. The minimum atomic E-state index is 0.0409. The molecule has 0 spiro atoms.